The predicted octanol–water partition coefficient (Wildman–Crippen LogP) is 0.961. The zero-order valence-corrected chi connectivity index (χ0v) is 9.50. The largest absolute Gasteiger partial charge is 0.393 e. The van der Waals surface area contributed by atoms with Gasteiger partial charge in [-0.15, -0.1) is 0 Å². The zero-order valence-electron chi connectivity index (χ0n) is 9.50. The maximum atomic E-state index is 9.48. The van der Waals surface area contributed by atoms with E-state index in [1.54, 1.807) is 0 Å². The summed E-state index contributed by atoms with van der Waals surface area (Å²) in [7, 11) is 0. The first kappa shape index (κ1) is 12.0. The SMILES string of the molecule is CC(C)(N)CCN1CCCC(O)CC1. The van der Waals surface area contributed by atoms with Crippen molar-refractivity contribution >= 4 is 0 Å². The molecule has 3 N–H and O–H groups in total. The fraction of sp³-hybridized carbons (Fsp3) is 1.00. The smallest absolute Gasteiger partial charge is 0.0553 e. The number of hydrogen-bond donors (Lipinski definition) is 2. The predicted molar refractivity (Wildman–Crippen MR) is 59.2 cm³/mol. The van der Waals surface area contributed by atoms with Gasteiger partial charge in [-0.25, -0.2) is 0 Å². The Hall–Kier alpha value is -0.120. The van der Waals surface area contributed by atoms with E-state index in [9.17, 15) is 5.11 Å². The molecule has 1 rings (SSSR count). The summed E-state index contributed by atoms with van der Waals surface area (Å²) in [5.74, 6) is 0. The van der Waals surface area contributed by atoms with E-state index >= 15 is 0 Å². The van der Waals surface area contributed by atoms with Gasteiger partial charge in [-0.1, -0.05) is 0 Å². The Bertz CT molecular complexity index is 165. The van der Waals surface area contributed by atoms with Crippen LogP contribution in [0, 0.1) is 0 Å². The first-order valence-electron chi connectivity index (χ1n) is 5.67. The van der Waals surface area contributed by atoms with E-state index in [0.29, 0.717) is 0 Å². The number of hydrogen-bond acceptors (Lipinski definition) is 3. The van der Waals surface area contributed by atoms with Crippen LogP contribution in [-0.2, 0) is 0 Å². The lowest BCUT2D eigenvalue weighted by Gasteiger charge is -2.25. The lowest BCUT2D eigenvalue weighted by molar-refractivity contribution is 0.154. The molecule has 3 heteroatoms. The van der Waals surface area contributed by atoms with E-state index in [-0.39, 0.29) is 11.6 Å². The van der Waals surface area contributed by atoms with Gasteiger partial charge in [0.15, 0.2) is 0 Å². The number of rotatable bonds is 3. The van der Waals surface area contributed by atoms with Gasteiger partial charge in [-0.05, 0) is 52.6 Å². The number of nitrogens with two attached hydrogens (primary N) is 1. The molecule has 0 aliphatic carbocycles. The summed E-state index contributed by atoms with van der Waals surface area (Å²) in [6.07, 6.45) is 3.95. The Kier molecular flexibility index (Phi) is 4.35. The van der Waals surface area contributed by atoms with Crippen LogP contribution in [0.3, 0.4) is 0 Å². The number of aliphatic hydroxyl groups is 1. The summed E-state index contributed by atoms with van der Waals surface area (Å²) in [4.78, 5) is 2.42. The van der Waals surface area contributed by atoms with Crippen molar-refractivity contribution in [3.8, 4) is 0 Å². The molecule has 84 valence electrons. The second-order valence-corrected chi connectivity index (χ2v) is 5.16. The molecule has 1 aliphatic heterocycles. The van der Waals surface area contributed by atoms with Crippen molar-refractivity contribution in [1.82, 2.24) is 4.90 Å². The Labute approximate surface area is 87.3 Å². The van der Waals surface area contributed by atoms with Crippen LogP contribution >= 0.6 is 0 Å². The van der Waals surface area contributed by atoms with Crippen molar-refractivity contribution in [3.05, 3.63) is 0 Å². The molecule has 3 nitrogen and oxygen atoms in total. The van der Waals surface area contributed by atoms with Crippen molar-refractivity contribution in [3.63, 3.8) is 0 Å². The number of likely N-dealkylation sites (tertiary alicyclic amines) is 1. The standard InChI is InChI=1S/C11H24N2O/c1-11(2,12)6-9-13-7-3-4-10(14)5-8-13/h10,14H,3-9,12H2,1-2H3. The minimum absolute atomic E-state index is 0.0646. The summed E-state index contributed by atoms with van der Waals surface area (Å²) < 4.78 is 0. The molecule has 14 heavy (non-hydrogen) atoms. The Morgan fingerprint density at radius 3 is 2.71 bits per heavy atom. The van der Waals surface area contributed by atoms with Crippen molar-refractivity contribution < 1.29 is 5.11 Å². The van der Waals surface area contributed by atoms with Gasteiger partial charge in [0.1, 0.15) is 0 Å². The van der Waals surface area contributed by atoms with Gasteiger partial charge in [-0.3, -0.25) is 0 Å². The molecule has 0 saturated carbocycles. The van der Waals surface area contributed by atoms with Crippen LogP contribution < -0.4 is 5.73 Å². The molecule has 0 spiro atoms. The number of nitrogens with zero attached hydrogens (tertiary/aromatic N) is 1. The van der Waals surface area contributed by atoms with E-state index in [4.69, 9.17) is 5.73 Å². The molecule has 1 unspecified atom stereocenters. The highest BCUT2D eigenvalue weighted by Crippen LogP contribution is 2.12. The van der Waals surface area contributed by atoms with Crippen LogP contribution in [0.4, 0.5) is 0 Å². The number of aliphatic hydroxyl groups excluding tert-OH is 1. The second kappa shape index (κ2) is 5.10. The van der Waals surface area contributed by atoms with Crippen LogP contribution in [-0.4, -0.2) is 41.3 Å². The van der Waals surface area contributed by atoms with Crippen molar-refractivity contribution in [2.45, 2.75) is 51.2 Å². The molecule has 1 heterocycles. The summed E-state index contributed by atoms with van der Waals surface area (Å²) in [6.45, 7) is 7.35. The summed E-state index contributed by atoms with van der Waals surface area (Å²) in [6, 6.07) is 0. The molecule has 1 saturated heterocycles. The topological polar surface area (TPSA) is 49.5 Å². The monoisotopic (exact) mass is 200 g/mol. The van der Waals surface area contributed by atoms with Crippen LogP contribution in [0.25, 0.3) is 0 Å². The Morgan fingerprint density at radius 2 is 2.07 bits per heavy atom. The molecular formula is C11H24N2O. The zero-order chi connectivity index (χ0) is 10.6. The van der Waals surface area contributed by atoms with Crippen molar-refractivity contribution in [2.24, 2.45) is 5.73 Å². The third-order valence-corrected chi connectivity index (χ3v) is 2.86. The van der Waals surface area contributed by atoms with Gasteiger partial charge in [0.2, 0.25) is 0 Å². The van der Waals surface area contributed by atoms with Crippen molar-refractivity contribution in [1.29, 1.82) is 0 Å². The maximum Gasteiger partial charge on any atom is 0.0553 e. The van der Waals surface area contributed by atoms with Gasteiger partial charge in [0.05, 0.1) is 6.10 Å². The molecule has 0 aromatic rings. The van der Waals surface area contributed by atoms with E-state index in [2.05, 4.69) is 18.7 Å². The minimum Gasteiger partial charge on any atom is -0.393 e. The Balaban J connectivity index is 2.24. The molecule has 0 amide bonds. The lowest BCUT2D eigenvalue weighted by atomic mass is 10.0. The molecule has 0 bridgehead atoms. The van der Waals surface area contributed by atoms with E-state index in [1.165, 1.54) is 0 Å². The van der Waals surface area contributed by atoms with Crippen LogP contribution in [0.1, 0.15) is 39.5 Å². The van der Waals surface area contributed by atoms with Crippen LogP contribution in [0.2, 0.25) is 0 Å². The molecule has 0 aromatic heterocycles. The quantitative estimate of drug-likeness (QED) is 0.713. The first-order valence-corrected chi connectivity index (χ1v) is 5.67. The van der Waals surface area contributed by atoms with Crippen molar-refractivity contribution in [2.75, 3.05) is 19.6 Å². The fourth-order valence-corrected chi connectivity index (χ4v) is 1.81. The Morgan fingerprint density at radius 1 is 1.36 bits per heavy atom. The average molecular weight is 200 g/mol. The second-order valence-electron chi connectivity index (χ2n) is 5.16. The highest BCUT2D eigenvalue weighted by Gasteiger charge is 2.17. The summed E-state index contributed by atoms with van der Waals surface area (Å²) in [5, 5.41) is 9.48. The van der Waals surface area contributed by atoms with Crippen LogP contribution in [0.5, 0.6) is 0 Å². The lowest BCUT2D eigenvalue weighted by Crippen LogP contribution is -2.37. The normalized spacial score (nSPS) is 26.1. The highest BCUT2D eigenvalue weighted by molar-refractivity contribution is 4.76. The van der Waals surface area contributed by atoms with Gasteiger partial charge >= 0.3 is 0 Å². The van der Waals surface area contributed by atoms with Gasteiger partial charge < -0.3 is 15.7 Å². The van der Waals surface area contributed by atoms with Crippen LogP contribution in [0.15, 0.2) is 0 Å². The molecule has 0 radical (unpaired) electrons. The molecule has 1 atom stereocenters. The highest BCUT2D eigenvalue weighted by atomic mass is 16.3. The molecule has 0 aromatic carbocycles. The summed E-state index contributed by atoms with van der Waals surface area (Å²) in [5.41, 5.74) is 5.88. The third-order valence-electron chi connectivity index (χ3n) is 2.86. The van der Waals surface area contributed by atoms with E-state index in [0.717, 1.165) is 45.3 Å². The van der Waals surface area contributed by atoms with E-state index in [1.807, 2.05) is 0 Å². The third kappa shape index (κ3) is 4.94. The molecule has 1 aliphatic rings. The average Bonchev–Trinajstić information content (AvgIpc) is 2.25. The van der Waals surface area contributed by atoms with Gasteiger partial charge in [-0.2, -0.15) is 0 Å². The summed E-state index contributed by atoms with van der Waals surface area (Å²) >= 11 is 0. The van der Waals surface area contributed by atoms with Gasteiger partial charge in [0.25, 0.3) is 0 Å². The minimum atomic E-state index is -0.0779. The molecular weight excluding hydrogens is 176 g/mol. The maximum absolute atomic E-state index is 9.48. The van der Waals surface area contributed by atoms with Gasteiger partial charge in [0, 0.05) is 12.1 Å². The first-order chi connectivity index (χ1) is 6.47. The van der Waals surface area contributed by atoms with E-state index < -0.39 is 0 Å². The molecule has 1 fully saturated rings. The fourth-order valence-electron chi connectivity index (χ4n) is 1.81.